The van der Waals surface area contributed by atoms with Gasteiger partial charge in [-0.1, -0.05) is 25.1 Å². The fourth-order valence-electron chi connectivity index (χ4n) is 2.05. The third-order valence-corrected chi connectivity index (χ3v) is 4.11. The van der Waals surface area contributed by atoms with Crippen LogP contribution < -0.4 is 5.32 Å². The number of rotatable bonds is 6. The molecule has 7 heteroatoms. The second-order valence-corrected chi connectivity index (χ2v) is 5.95. The van der Waals surface area contributed by atoms with Crippen LogP contribution >= 0.6 is 11.8 Å². The fourth-order valence-corrected chi connectivity index (χ4v) is 2.90. The maximum atomic E-state index is 13.6. The van der Waals surface area contributed by atoms with E-state index in [2.05, 4.69) is 5.32 Å². The lowest BCUT2D eigenvalue weighted by atomic mass is 10.2. The molecule has 0 saturated carbocycles. The molecule has 0 radical (unpaired) electrons. The lowest BCUT2D eigenvalue weighted by Gasteiger charge is -2.12. The molecule has 1 aliphatic heterocycles. The van der Waals surface area contributed by atoms with Crippen LogP contribution in [0.2, 0.25) is 0 Å². The number of halogens is 1. The molecule has 1 aromatic rings. The van der Waals surface area contributed by atoms with E-state index in [1.807, 2.05) is 6.92 Å². The number of benzene rings is 1. The van der Waals surface area contributed by atoms with E-state index in [-0.39, 0.29) is 29.5 Å². The van der Waals surface area contributed by atoms with Crippen molar-refractivity contribution in [1.29, 1.82) is 0 Å². The normalized spacial score (nSPS) is 16.3. The van der Waals surface area contributed by atoms with Crippen LogP contribution in [0.3, 0.4) is 0 Å². The number of thioether (sulfide) groups is 1. The molecule has 3 amide bonds. The largest absolute Gasteiger partial charge is 0.354 e. The van der Waals surface area contributed by atoms with Crippen LogP contribution in [0.15, 0.2) is 29.2 Å². The molecule has 0 aromatic heterocycles. The van der Waals surface area contributed by atoms with Gasteiger partial charge in [-0.3, -0.25) is 19.3 Å². The number of nitrogens with zero attached hydrogens (tertiary/aromatic N) is 1. The van der Waals surface area contributed by atoms with Crippen molar-refractivity contribution in [3.8, 4) is 0 Å². The first-order valence-electron chi connectivity index (χ1n) is 7.29. The van der Waals surface area contributed by atoms with Gasteiger partial charge in [0.2, 0.25) is 5.91 Å². The summed E-state index contributed by atoms with van der Waals surface area (Å²) in [5.41, 5.74) is 0.259. The van der Waals surface area contributed by atoms with Crippen molar-refractivity contribution in [3.63, 3.8) is 0 Å². The molecule has 23 heavy (non-hydrogen) atoms. The average molecular weight is 336 g/mol. The highest BCUT2D eigenvalue weighted by Gasteiger charge is 2.34. The number of carbonyl (C=O) groups is 3. The Kier molecular flexibility index (Phi) is 5.92. The average Bonchev–Trinajstić information content (AvgIpc) is 2.77. The van der Waals surface area contributed by atoms with Gasteiger partial charge in [-0.25, -0.2) is 4.39 Å². The molecule has 0 unspecified atom stereocenters. The molecule has 1 heterocycles. The van der Waals surface area contributed by atoms with Crippen molar-refractivity contribution >= 4 is 34.9 Å². The molecule has 122 valence electrons. The Morgan fingerprint density at radius 2 is 2.09 bits per heavy atom. The minimum absolute atomic E-state index is 0.106. The molecule has 0 bridgehead atoms. The van der Waals surface area contributed by atoms with Crippen molar-refractivity contribution in [2.75, 3.05) is 13.1 Å². The number of nitrogens with one attached hydrogen (secondary N) is 1. The summed E-state index contributed by atoms with van der Waals surface area (Å²) in [6.45, 7) is 2.21. The maximum absolute atomic E-state index is 13.6. The van der Waals surface area contributed by atoms with Crippen LogP contribution in [0.5, 0.6) is 0 Å². The third-order valence-electron chi connectivity index (χ3n) is 3.20. The number of imide groups is 1. The minimum Gasteiger partial charge on any atom is -0.354 e. The summed E-state index contributed by atoms with van der Waals surface area (Å²) in [5.74, 6) is -1.03. The van der Waals surface area contributed by atoms with Gasteiger partial charge in [0, 0.05) is 25.1 Å². The van der Waals surface area contributed by atoms with Crippen LogP contribution in [-0.4, -0.2) is 35.0 Å². The second-order valence-electron chi connectivity index (χ2n) is 4.95. The Balaban J connectivity index is 2.00. The van der Waals surface area contributed by atoms with E-state index >= 15 is 0 Å². The van der Waals surface area contributed by atoms with Crippen LogP contribution in [-0.2, 0) is 9.59 Å². The summed E-state index contributed by atoms with van der Waals surface area (Å²) in [4.78, 5) is 36.7. The Bertz CT molecular complexity index is 660. The topological polar surface area (TPSA) is 66.5 Å². The lowest BCUT2D eigenvalue weighted by molar-refractivity contribution is -0.124. The smallest absolute Gasteiger partial charge is 0.293 e. The summed E-state index contributed by atoms with van der Waals surface area (Å²) < 4.78 is 13.6. The minimum atomic E-state index is -0.465. The van der Waals surface area contributed by atoms with Gasteiger partial charge in [0.1, 0.15) is 5.82 Å². The number of hydrogen-bond acceptors (Lipinski definition) is 4. The van der Waals surface area contributed by atoms with Crippen molar-refractivity contribution < 1.29 is 18.8 Å². The third kappa shape index (κ3) is 4.41. The monoisotopic (exact) mass is 336 g/mol. The summed E-state index contributed by atoms with van der Waals surface area (Å²) >= 11 is 0.774. The highest BCUT2D eigenvalue weighted by atomic mass is 32.2. The number of carbonyl (C=O) groups excluding carboxylic acids is 3. The Morgan fingerprint density at radius 1 is 1.35 bits per heavy atom. The first kappa shape index (κ1) is 17.2. The molecule has 5 nitrogen and oxygen atoms in total. The zero-order valence-corrected chi connectivity index (χ0v) is 13.5. The van der Waals surface area contributed by atoms with Crippen LogP contribution in [0.4, 0.5) is 9.18 Å². The Morgan fingerprint density at radius 3 is 2.78 bits per heavy atom. The van der Waals surface area contributed by atoms with Crippen LogP contribution in [0.1, 0.15) is 25.3 Å². The summed E-state index contributed by atoms with van der Waals surface area (Å²) in [5, 5.41) is 2.24. The lowest BCUT2D eigenvalue weighted by Crippen LogP contribution is -2.37. The zero-order valence-electron chi connectivity index (χ0n) is 12.7. The molecule has 1 fully saturated rings. The van der Waals surface area contributed by atoms with Gasteiger partial charge in [0.05, 0.1) is 4.91 Å². The maximum Gasteiger partial charge on any atom is 0.293 e. The van der Waals surface area contributed by atoms with Crippen molar-refractivity contribution in [2.45, 2.75) is 19.8 Å². The van der Waals surface area contributed by atoms with Gasteiger partial charge in [-0.2, -0.15) is 0 Å². The van der Waals surface area contributed by atoms with Crippen molar-refractivity contribution in [1.82, 2.24) is 10.2 Å². The summed E-state index contributed by atoms with van der Waals surface area (Å²) in [7, 11) is 0. The summed E-state index contributed by atoms with van der Waals surface area (Å²) in [6, 6.07) is 6.04. The molecular weight excluding hydrogens is 319 g/mol. The zero-order chi connectivity index (χ0) is 16.8. The van der Waals surface area contributed by atoms with Gasteiger partial charge in [-0.15, -0.1) is 0 Å². The molecule has 1 N–H and O–H groups in total. The highest BCUT2D eigenvalue weighted by Crippen LogP contribution is 2.32. The van der Waals surface area contributed by atoms with Gasteiger partial charge < -0.3 is 5.32 Å². The van der Waals surface area contributed by atoms with E-state index in [9.17, 15) is 18.8 Å². The highest BCUT2D eigenvalue weighted by molar-refractivity contribution is 8.18. The number of amides is 3. The van der Waals surface area contributed by atoms with E-state index in [0.29, 0.717) is 6.42 Å². The van der Waals surface area contributed by atoms with E-state index < -0.39 is 17.0 Å². The molecule has 1 aliphatic rings. The molecule has 1 aromatic carbocycles. The molecular formula is C16H17FN2O3S. The SMILES string of the molecule is CCCC(=O)NCCN1C(=O)S/C(=C\c2ccccc2F)C1=O. The quantitative estimate of drug-likeness (QED) is 0.811. The summed E-state index contributed by atoms with van der Waals surface area (Å²) in [6.07, 6.45) is 2.52. The van der Waals surface area contributed by atoms with E-state index in [1.54, 1.807) is 12.1 Å². The van der Waals surface area contributed by atoms with Crippen molar-refractivity contribution in [2.24, 2.45) is 0 Å². The standard InChI is InChI=1S/C16H17FN2O3S/c1-2-5-14(20)18-8-9-19-15(21)13(23-16(19)22)10-11-6-3-4-7-12(11)17/h3-4,6-7,10H,2,5,8-9H2,1H3,(H,18,20)/b13-10-. The molecule has 1 saturated heterocycles. The van der Waals surface area contributed by atoms with Gasteiger partial charge in [-0.05, 0) is 30.3 Å². The molecule has 2 rings (SSSR count). The molecule has 0 atom stereocenters. The predicted molar refractivity (Wildman–Crippen MR) is 87.0 cm³/mol. The van der Waals surface area contributed by atoms with E-state index in [1.165, 1.54) is 18.2 Å². The first-order chi connectivity index (χ1) is 11.0. The Labute approximate surface area is 137 Å². The van der Waals surface area contributed by atoms with Crippen LogP contribution in [0.25, 0.3) is 6.08 Å². The van der Waals surface area contributed by atoms with Crippen molar-refractivity contribution in [3.05, 3.63) is 40.6 Å². The van der Waals surface area contributed by atoms with Gasteiger partial charge in [0.25, 0.3) is 11.1 Å². The van der Waals surface area contributed by atoms with Gasteiger partial charge in [0.15, 0.2) is 0 Å². The Hall–Kier alpha value is -2.15. The predicted octanol–water partition coefficient (Wildman–Crippen LogP) is 2.78. The van der Waals surface area contributed by atoms with E-state index in [4.69, 9.17) is 0 Å². The van der Waals surface area contributed by atoms with Crippen LogP contribution in [0, 0.1) is 5.82 Å². The van der Waals surface area contributed by atoms with E-state index in [0.717, 1.165) is 23.1 Å². The number of hydrogen-bond donors (Lipinski definition) is 1. The first-order valence-corrected chi connectivity index (χ1v) is 8.11. The second kappa shape index (κ2) is 7.92. The fraction of sp³-hybridized carbons (Fsp3) is 0.312. The van der Waals surface area contributed by atoms with Gasteiger partial charge >= 0.3 is 0 Å². The molecule has 0 aliphatic carbocycles. The molecule has 0 spiro atoms.